The van der Waals surface area contributed by atoms with Crippen LogP contribution in [0.4, 0.5) is 0 Å². The predicted molar refractivity (Wildman–Crippen MR) is 84.0 cm³/mol. The van der Waals surface area contributed by atoms with E-state index < -0.39 is 0 Å². The molecule has 2 aromatic rings. The molecule has 0 aliphatic heterocycles. The van der Waals surface area contributed by atoms with Crippen LogP contribution in [0.5, 0.6) is 11.5 Å². The number of hydrogen-bond acceptors (Lipinski definition) is 4. The summed E-state index contributed by atoms with van der Waals surface area (Å²) in [4.78, 5) is 0. The maximum absolute atomic E-state index is 5.69. The van der Waals surface area contributed by atoms with Gasteiger partial charge in [-0.15, -0.1) is 0 Å². The van der Waals surface area contributed by atoms with E-state index >= 15 is 0 Å². The van der Waals surface area contributed by atoms with Gasteiger partial charge in [0.05, 0.1) is 19.3 Å². The van der Waals surface area contributed by atoms with E-state index in [1.165, 1.54) is 11.1 Å². The fraction of sp³-hybridized carbons (Fsp3) is 0.375. The summed E-state index contributed by atoms with van der Waals surface area (Å²) < 4.78 is 11.3. The Hall–Kier alpha value is -1.52. The van der Waals surface area contributed by atoms with Crippen LogP contribution in [0, 0.1) is 0 Å². The highest BCUT2D eigenvalue weighted by Gasteiger charge is 2.15. The molecule has 0 fully saturated rings. The maximum atomic E-state index is 5.69. The number of benzene rings is 1. The van der Waals surface area contributed by atoms with Crippen molar-refractivity contribution in [3.05, 3.63) is 46.2 Å². The molecular formula is C16H21NO2S. The van der Waals surface area contributed by atoms with E-state index in [1.54, 1.807) is 11.3 Å². The van der Waals surface area contributed by atoms with Gasteiger partial charge in [0.25, 0.3) is 0 Å². The molecule has 20 heavy (non-hydrogen) atoms. The standard InChI is InChI=1S/C16H21NO2S/c1-4-18-14-7-6-12(10-15(14)19-5-2)16(17-3)13-8-9-20-11-13/h6-11,16-17H,4-5H2,1-3H3. The molecule has 0 saturated carbocycles. The van der Waals surface area contributed by atoms with Crippen molar-refractivity contribution in [2.45, 2.75) is 19.9 Å². The molecule has 0 saturated heterocycles. The van der Waals surface area contributed by atoms with E-state index in [2.05, 4.69) is 34.3 Å². The Bertz CT molecular complexity index is 525. The number of rotatable bonds is 7. The molecule has 0 aliphatic rings. The van der Waals surface area contributed by atoms with Crippen LogP contribution >= 0.6 is 11.3 Å². The summed E-state index contributed by atoms with van der Waals surface area (Å²) in [5, 5.41) is 7.61. The van der Waals surface area contributed by atoms with E-state index in [-0.39, 0.29) is 6.04 Å². The summed E-state index contributed by atoms with van der Waals surface area (Å²) in [6.45, 7) is 5.23. The number of ether oxygens (including phenoxy) is 2. The Morgan fingerprint density at radius 3 is 2.40 bits per heavy atom. The van der Waals surface area contributed by atoms with Crippen LogP contribution in [0.3, 0.4) is 0 Å². The fourth-order valence-electron chi connectivity index (χ4n) is 2.21. The summed E-state index contributed by atoms with van der Waals surface area (Å²) in [6.07, 6.45) is 0. The van der Waals surface area contributed by atoms with Gasteiger partial charge in [0, 0.05) is 0 Å². The van der Waals surface area contributed by atoms with E-state index in [1.807, 2.05) is 27.0 Å². The third kappa shape index (κ3) is 3.32. The molecule has 1 aromatic carbocycles. The van der Waals surface area contributed by atoms with Crippen molar-refractivity contribution in [1.29, 1.82) is 0 Å². The fourth-order valence-corrected chi connectivity index (χ4v) is 2.90. The first-order chi connectivity index (χ1) is 9.80. The number of hydrogen-bond donors (Lipinski definition) is 1. The SMILES string of the molecule is CCOc1ccc(C(NC)c2ccsc2)cc1OCC. The lowest BCUT2D eigenvalue weighted by Gasteiger charge is -2.18. The first kappa shape index (κ1) is 14.9. The molecule has 1 heterocycles. The lowest BCUT2D eigenvalue weighted by Crippen LogP contribution is -2.17. The summed E-state index contributed by atoms with van der Waals surface area (Å²) >= 11 is 1.71. The zero-order valence-electron chi connectivity index (χ0n) is 12.2. The number of thiophene rings is 1. The van der Waals surface area contributed by atoms with E-state index in [0.717, 1.165) is 11.5 Å². The van der Waals surface area contributed by atoms with Crippen LogP contribution in [-0.2, 0) is 0 Å². The van der Waals surface area contributed by atoms with Crippen molar-refractivity contribution < 1.29 is 9.47 Å². The second-order valence-electron chi connectivity index (χ2n) is 4.35. The zero-order valence-corrected chi connectivity index (χ0v) is 13.0. The van der Waals surface area contributed by atoms with Gasteiger partial charge < -0.3 is 14.8 Å². The van der Waals surface area contributed by atoms with Crippen molar-refractivity contribution in [1.82, 2.24) is 5.32 Å². The molecule has 1 atom stereocenters. The van der Waals surface area contributed by atoms with Gasteiger partial charge in [-0.2, -0.15) is 11.3 Å². The Morgan fingerprint density at radius 1 is 1.05 bits per heavy atom. The molecule has 4 heteroatoms. The first-order valence-electron chi connectivity index (χ1n) is 6.89. The Morgan fingerprint density at radius 2 is 1.80 bits per heavy atom. The van der Waals surface area contributed by atoms with Crippen LogP contribution in [-0.4, -0.2) is 20.3 Å². The van der Waals surface area contributed by atoms with Gasteiger partial charge in [-0.3, -0.25) is 0 Å². The average molecular weight is 291 g/mol. The highest BCUT2D eigenvalue weighted by atomic mass is 32.1. The molecule has 108 valence electrons. The summed E-state index contributed by atoms with van der Waals surface area (Å²) in [6, 6.07) is 8.46. The van der Waals surface area contributed by atoms with Crippen molar-refractivity contribution >= 4 is 11.3 Å². The third-order valence-electron chi connectivity index (χ3n) is 3.07. The van der Waals surface area contributed by atoms with Gasteiger partial charge in [0.15, 0.2) is 11.5 Å². The van der Waals surface area contributed by atoms with E-state index in [9.17, 15) is 0 Å². The topological polar surface area (TPSA) is 30.5 Å². The minimum atomic E-state index is 0.177. The molecule has 3 nitrogen and oxygen atoms in total. The van der Waals surface area contributed by atoms with Gasteiger partial charge >= 0.3 is 0 Å². The normalized spacial score (nSPS) is 12.2. The number of nitrogens with one attached hydrogen (secondary N) is 1. The highest BCUT2D eigenvalue weighted by Crippen LogP contribution is 2.33. The Balaban J connectivity index is 2.33. The third-order valence-corrected chi connectivity index (χ3v) is 3.77. The van der Waals surface area contributed by atoms with Crippen LogP contribution in [0.15, 0.2) is 35.0 Å². The Kier molecular flexibility index (Phi) is 5.44. The molecule has 2 rings (SSSR count). The lowest BCUT2D eigenvalue weighted by atomic mass is 10.0. The lowest BCUT2D eigenvalue weighted by molar-refractivity contribution is 0.287. The van der Waals surface area contributed by atoms with Crippen molar-refractivity contribution in [3.8, 4) is 11.5 Å². The summed E-state index contributed by atoms with van der Waals surface area (Å²) in [5.74, 6) is 1.61. The molecule has 0 aliphatic carbocycles. The van der Waals surface area contributed by atoms with E-state index in [4.69, 9.17) is 9.47 Å². The minimum absolute atomic E-state index is 0.177. The monoisotopic (exact) mass is 291 g/mol. The van der Waals surface area contributed by atoms with Gasteiger partial charge in [0.1, 0.15) is 0 Å². The zero-order chi connectivity index (χ0) is 14.4. The minimum Gasteiger partial charge on any atom is -0.490 e. The van der Waals surface area contributed by atoms with E-state index in [0.29, 0.717) is 13.2 Å². The maximum Gasteiger partial charge on any atom is 0.161 e. The molecule has 0 radical (unpaired) electrons. The molecule has 1 unspecified atom stereocenters. The molecule has 1 aromatic heterocycles. The van der Waals surface area contributed by atoms with Gasteiger partial charge in [-0.1, -0.05) is 6.07 Å². The average Bonchev–Trinajstić information content (AvgIpc) is 2.97. The van der Waals surface area contributed by atoms with Crippen molar-refractivity contribution in [2.75, 3.05) is 20.3 Å². The van der Waals surface area contributed by atoms with Crippen LogP contribution in [0.1, 0.15) is 31.0 Å². The highest BCUT2D eigenvalue weighted by molar-refractivity contribution is 7.08. The summed E-state index contributed by atoms with van der Waals surface area (Å²) in [7, 11) is 1.97. The van der Waals surface area contributed by atoms with Gasteiger partial charge in [0.2, 0.25) is 0 Å². The molecule has 0 bridgehead atoms. The van der Waals surface area contributed by atoms with Crippen LogP contribution in [0.25, 0.3) is 0 Å². The van der Waals surface area contributed by atoms with Crippen LogP contribution in [0.2, 0.25) is 0 Å². The quantitative estimate of drug-likeness (QED) is 0.840. The summed E-state index contributed by atoms with van der Waals surface area (Å²) in [5.41, 5.74) is 2.45. The van der Waals surface area contributed by atoms with Gasteiger partial charge in [-0.05, 0) is 61.0 Å². The molecule has 0 spiro atoms. The molecule has 1 N–H and O–H groups in total. The molecular weight excluding hydrogens is 270 g/mol. The van der Waals surface area contributed by atoms with Crippen molar-refractivity contribution in [2.24, 2.45) is 0 Å². The first-order valence-corrected chi connectivity index (χ1v) is 7.83. The predicted octanol–water partition coefficient (Wildman–Crippen LogP) is 3.85. The largest absolute Gasteiger partial charge is 0.490 e. The second kappa shape index (κ2) is 7.31. The van der Waals surface area contributed by atoms with Gasteiger partial charge in [-0.25, -0.2) is 0 Å². The second-order valence-corrected chi connectivity index (χ2v) is 5.13. The molecule has 0 amide bonds. The smallest absolute Gasteiger partial charge is 0.161 e. The van der Waals surface area contributed by atoms with Crippen molar-refractivity contribution in [3.63, 3.8) is 0 Å². The Labute approximate surface area is 124 Å². The van der Waals surface area contributed by atoms with Crippen LogP contribution < -0.4 is 14.8 Å².